The number of hydrogen-bond acceptors (Lipinski definition) is 2. The molecule has 2 N–H and O–H groups in total. The molecule has 0 fully saturated rings. The van der Waals surface area contributed by atoms with Gasteiger partial charge in [0.05, 0.1) is 0 Å². The fourth-order valence-corrected chi connectivity index (χ4v) is 1.56. The smallest absolute Gasteiger partial charge is 0.220 e. The third-order valence-corrected chi connectivity index (χ3v) is 2.65. The molecule has 3 nitrogen and oxygen atoms in total. The molecule has 0 aromatic carbocycles. The summed E-state index contributed by atoms with van der Waals surface area (Å²) in [4.78, 5) is 11.5. The van der Waals surface area contributed by atoms with Gasteiger partial charge in [-0.15, -0.1) is 11.6 Å². The Hall–Kier alpha value is -0.280. The Balaban J connectivity index is 3.78. The van der Waals surface area contributed by atoms with Crippen molar-refractivity contribution in [2.75, 3.05) is 12.5 Å². The number of aliphatic hydroxyl groups is 1. The molecule has 0 aromatic heterocycles. The maximum Gasteiger partial charge on any atom is 0.220 e. The Morgan fingerprint density at radius 2 is 2.07 bits per heavy atom. The van der Waals surface area contributed by atoms with Crippen molar-refractivity contribution in [2.24, 2.45) is 5.92 Å². The second-order valence-electron chi connectivity index (χ2n) is 4.08. The van der Waals surface area contributed by atoms with Gasteiger partial charge in [0.1, 0.15) is 0 Å². The first kappa shape index (κ1) is 14.7. The van der Waals surface area contributed by atoms with E-state index in [1.165, 1.54) is 0 Å². The number of nitrogens with one attached hydrogen (secondary N) is 1. The van der Waals surface area contributed by atoms with Gasteiger partial charge in [0.2, 0.25) is 5.91 Å². The van der Waals surface area contributed by atoms with Crippen LogP contribution in [0.1, 0.15) is 39.5 Å². The molecule has 0 saturated heterocycles. The second kappa shape index (κ2) is 8.98. The van der Waals surface area contributed by atoms with Crippen LogP contribution in [0.3, 0.4) is 0 Å². The topological polar surface area (TPSA) is 49.3 Å². The minimum absolute atomic E-state index is 0.0623. The summed E-state index contributed by atoms with van der Waals surface area (Å²) < 4.78 is 0. The van der Waals surface area contributed by atoms with Crippen LogP contribution in [0.2, 0.25) is 0 Å². The van der Waals surface area contributed by atoms with Gasteiger partial charge >= 0.3 is 0 Å². The second-order valence-corrected chi connectivity index (χ2v) is 4.45. The van der Waals surface area contributed by atoms with Crippen molar-refractivity contribution >= 4 is 17.5 Å². The number of alkyl halides is 1. The summed E-state index contributed by atoms with van der Waals surface area (Å²) in [6.07, 6.45) is 2.86. The third-order valence-electron chi connectivity index (χ3n) is 2.38. The lowest BCUT2D eigenvalue weighted by Gasteiger charge is -2.21. The van der Waals surface area contributed by atoms with Gasteiger partial charge in [-0.1, -0.05) is 13.8 Å². The third kappa shape index (κ3) is 7.63. The maximum absolute atomic E-state index is 11.5. The minimum Gasteiger partial charge on any atom is -0.396 e. The van der Waals surface area contributed by atoms with Crippen molar-refractivity contribution in [3.8, 4) is 0 Å². The predicted molar refractivity (Wildman–Crippen MR) is 63.0 cm³/mol. The maximum atomic E-state index is 11.5. The number of carbonyl (C=O) groups is 1. The molecule has 0 radical (unpaired) electrons. The predicted octanol–water partition coefficient (Wildman–Crippen LogP) is 1.92. The summed E-state index contributed by atoms with van der Waals surface area (Å²) in [6.45, 7) is 4.20. The number of rotatable bonds is 8. The number of hydrogen-bond donors (Lipinski definition) is 2. The molecule has 15 heavy (non-hydrogen) atoms. The summed E-state index contributed by atoms with van der Waals surface area (Å²) in [5, 5.41) is 11.8. The van der Waals surface area contributed by atoms with E-state index in [1.54, 1.807) is 0 Å². The molecule has 90 valence electrons. The van der Waals surface area contributed by atoms with Crippen LogP contribution in [-0.2, 0) is 4.79 Å². The van der Waals surface area contributed by atoms with E-state index >= 15 is 0 Å². The van der Waals surface area contributed by atoms with Crippen molar-refractivity contribution in [1.29, 1.82) is 0 Å². The minimum atomic E-state index is 0.0623. The molecule has 0 aliphatic rings. The highest BCUT2D eigenvalue weighted by atomic mass is 35.5. The van der Waals surface area contributed by atoms with Gasteiger partial charge in [-0.2, -0.15) is 0 Å². The molecule has 4 heteroatoms. The van der Waals surface area contributed by atoms with Crippen LogP contribution in [0.5, 0.6) is 0 Å². The Labute approximate surface area is 97.2 Å². The molecule has 0 rings (SSSR count). The van der Waals surface area contributed by atoms with Gasteiger partial charge in [-0.3, -0.25) is 4.79 Å². The fourth-order valence-electron chi connectivity index (χ4n) is 1.37. The molecule has 1 amide bonds. The van der Waals surface area contributed by atoms with Crippen LogP contribution in [0.4, 0.5) is 0 Å². The van der Waals surface area contributed by atoms with E-state index in [1.807, 2.05) is 13.8 Å². The lowest BCUT2D eigenvalue weighted by molar-refractivity contribution is -0.122. The van der Waals surface area contributed by atoms with E-state index in [4.69, 9.17) is 16.7 Å². The average molecular weight is 236 g/mol. The molecule has 0 bridgehead atoms. The summed E-state index contributed by atoms with van der Waals surface area (Å²) in [7, 11) is 0. The van der Waals surface area contributed by atoms with E-state index in [2.05, 4.69) is 5.32 Å². The van der Waals surface area contributed by atoms with Gasteiger partial charge in [0.15, 0.2) is 0 Å². The quantitative estimate of drug-likeness (QED) is 0.499. The van der Waals surface area contributed by atoms with Crippen LogP contribution in [0.15, 0.2) is 0 Å². The van der Waals surface area contributed by atoms with Crippen LogP contribution < -0.4 is 5.32 Å². The molecule has 0 aromatic rings. The van der Waals surface area contributed by atoms with Crippen molar-refractivity contribution in [1.82, 2.24) is 5.32 Å². The van der Waals surface area contributed by atoms with Crippen molar-refractivity contribution < 1.29 is 9.90 Å². The Kier molecular flexibility index (Phi) is 8.82. The highest BCUT2D eigenvalue weighted by Crippen LogP contribution is 2.06. The summed E-state index contributed by atoms with van der Waals surface area (Å²) in [6, 6.07) is 0.0819. The van der Waals surface area contributed by atoms with Crippen molar-refractivity contribution in [3.05, 3.63) is 0 Å². The lowest BCUT2D eigenvalue weighted by Crippen LogP contribution is -2.39. The lowest BCUT2D eigenvalue weighted by atomic mass is 10.0. The van der Waals surface area contributed by atoms with Crippen LogP contribution in [-0.4, -0.2) is 29.5 Å². The highest BCUT2D eigenvalue weighted by molar-refractivity contribution is 6.17. The van der Waals surface area contributed by atoms with Gasteiger partial charge < -0.3 is 10.4 Å². The normalized spacial score (nSPS) is 12.9. The summed E-state index contributed by atoms with van der Waals surface area (Å²) in [5.41, 5.74) is 0. The van der Waals surface area contributed by atoms with Crippen LogP contribution in [0.25, 0.3) is 0 Å². The molecule has 0 aliphatic heterocycles. The highest BCUT2D eigenvalue weighted by Gasteiger charge is 2.14. The largest absolute Gasteiger partial charge is 0.396 e. The zero-order valence-electron chi connectivity index (χ0n) is 9.63. The SMILES string of the molecule is CC(C)C(CCO)NC(=O)CCCCCl. The Bertz CT molecular complexity index is 174. The van der Waals surface area contributed by atoms with E-state index < -0.39 is 0 Å². The number of aliphatic hydroxyl groups excluding tert-OH is 1. The standard InChI is InChI=1S/C11H22ClNO2/c1-9(2)10(6-8-14)13-11(15)5-3-4-7-12/h9-10,14H,3-8H2,1-2H3,(H,13,15). The number of halogens is 1. The number of amides is 1. The molecular formula is C11H22ClNO2. The van der Waals surface area contributed by atoms with Gasteiger partial charge in [0.25, 0.3) is 0 Å². The van der Waals surface area contributed by atoms with Gasteiger partial charge in [0, 0.05) is 24.9 Å². The van der Waals surface area contributed by atoms with Crippen LogP contribution in [0, 0.1) is 5.92 Å². The molecule has 0 heterocycles. The number of unbranched alkanes of at least 4 members (excludes halogenated alkanes) is 1. The van der Waals surface area contributed by atoms with Gasteiger partial charge in [-0.05, 0) is 25.2 Å². The first-order chi connectivity index (χ1) is 7.11. The first-order valence-corrected chi connectivity index (χ1v) is 6.11. The molecule has 0 spiro atoms. The van der Waals surface area contributed by atoms with Crippen LogP contribution >= 0.6 is 11.6 Å². The van der Waals surface area contributed by atoms with Gasteiger partial charge in [-0.25, -0.2) is 0 Å². The molecule has 0 saturated carbocycles. The zero-order valence-corrected chi connectivity index (χ0v) is 10.4. The van der Waals surface area contributed by atoms with E-state index in [-0.39, 0.29) is 18.6 Å². The van der Waals surface area contributed by atoms with Crippen molar-refractivity contribution in [2.45, 2.75) is 45.6 Å². The van der Waals surface area contributed by atoms with E-state index in [0.29, 0.717) is 24.6 Å². The zero-order chi connectivity index (χ0) is 11.7. The molecule has 1 atom stereocenters. The number of carbonyl (C=O) groups excluding carboxylic acids is 1. The summed E-state index contributed by atoms with van der Waals surface area (Å²) in [5.74, 6) is 1.03. The molecule has 1 unspecified atom stereocenters. The first-order valence-electron chi connectivity index (χ1n) is 5.58. The average Bonchev–Trinajstić information content (AvgIpc) is 2.17. The summed E-state index contributed by atoms with van der Waals surface area (Å²) >= 11 is 5.53. The Morgan fingerprint density at radius 1 is 1.40 bits per heavy atom. The van der Waals surface area contributed by atoms with E-state index in [9.17, 15) is 4.79 Å². The van der Waals surface area contributed by atoms with Crippen molar-refractivity contribution in [3.63, 3.8) is 0 Å². The molecular weight excluding hydrogens is 214 g/mol. The molecule has 0 aliphatic carbocycles. The van der Waals surface area contributed by atoms with E-state index in [0.717, 1.165) is 12.8 Å². The monoisotopic (exact) mass is 235 g/mol. The fraction of sp³-hybridized carbons (Fsp3) is 0.909. The Morgan fingerprint density at radius 3 is 2.53 bits per heavy atom.